The Hall–Kier alpha value is -4.30. The average Bonchev–Trinajstić information content (AvgIpc) is 3.36. The second kappa shape index (κ2) is 15.4. The molecule has 12 heteroatoms. The molecular formula is C40H47N4O7P. The van der Waals surface area contributed by atoms with Crippen molar-refractivity contribution in [2.45, 2.75) is 82.1 Å². The van der Waals surface area contributed by atoms with E-state index in [0.29, 0.717) is 17.1 Å². The number of aromatic nitrogens is 2. The fourth-order valence-corrected chi connectivity index (χ4v) is 10.9. The first-order valence-corrected chi connectivity index (χ1v) is 18.8. The third kappa shape index (κ3) is 6.27. The van der Waals surface area contributed by atoms with Gasteiger partial charge in [-0.15, -0.1) is 0 Å². The number of nitrogens with one attached hydrogen (secondary N) is 1. The van der Waals surface area contributed by atoms with Crippen LogP contribution in [0, 0.1) is 18.3 Å². The Bertz CT molecular complexity index is 1940. The van der Waals surface area contributed by atoms with Gasteiger partial charge in [-0.2, -0.15) is 5.26 Å². The molecule has 0 spiro atoms. The lowest BCUT2D eigenvalue weighted by atomic mass is 9.62. The predicted octanol–water partition coefficient (Wildman–Crippen LogP) is 6.29. The lowest BCUT2D eigenvalue weighted by Crippen LogP contribution is -2.67. The fraction of sp³-hybridized carbons (Fsp3) is 0.425. The van der Waals surface area contributed by atoms with Gasteiger partial charge < -0.3 is 23.5 Å². The summed E-state index contributed by atoms with van der Waals surface area (Å²) < 4.78 is 36.1. The van der Waals surface area contributed by atoms with E-state index in [1.165, 1.54) is 4.57 Å². The van der Waals surface area contributed by atoms with Crippen LogP contribution >= 0.6 is 8.30 Å². The van der Waals surface area contributed by atoms with Crippen molar-refractivity contribution >= 4 is 8.30 Å². The van der Waals surface area contributed by atoms with E-state index >= 15 is 0 Å². The lowest BCUT2D eigenvalue weighted by Gasteiger charge is -2.58. The zero-order valence-electron chi connectivity index (χ0n) is 30.7. The second-order valence-corrected chi connectivity index (χ2v) is 15.9. The Balaban J connectivity index is 1.73. The van der Waals surface area contributed by atoms with Gasteiger partial charge >= 0.3 is 5.69 Å². The molecule has 11 nitrogen and oxygen atoms in total. The molecule has 0 aliphatic carbocycles. The molecule has 0 amide bonds. The molecule has 6 rings (SSSR count). The normalized spacial score (nSPS) is 21.8. The quantitative estimate of drug-likeness (QED) is 0.0906. The minimum atomic E-state index is -1.59. The first kappa shape index (κ1) is 37.5. The molecule has 2 aliphatic rings. The number of aromatic amines is 1. The van der Waals surface area contributed by atoms with Crippen LogP contribution in [-0.2, 0) is 19.4 Å². The molecule has 52 heavy (non-hydrogen) atoms. The molecule has 2 aliphatic heterocycles. The van der Waals surface area contributed by atoms with E-state index in [0.717, 1.165) is 16.7 Å². The number of benzene rings is 3. The summed E-state index contributed by atoms with van der Waals surface area (Å²) in [6.45, 7) is 10.7. The van der Waals surface area contributed by atoms with Crippen molar-refractivity contribution in [1.29, 1.82) is 5.26 Å². The Morgan fingerprint density at radius 3 is 1.98 bits per heavy atom. The predicted molar refractivity (Wildman–Crippen MR) is 200 cm³/mol. The average molecular weight is 727 g/mol. The van der Waals surface area contributed by atoms with Gasteiger partial charge in [-0.25, -0.2) is 4.79 Å². The highest BCUT2D eigenvalue weighted by molar-refractivity contribution is 7.52. The number of nitrogens with zero attached hydrogens (tertiary/aromatic N) is 3. The summed E-state index contributed by atoms with van der Waals surface area (Å²) in [7, 11) is 1.69. The molecule has 0 bridgehead atoms. The number of rotatable bonds is 14. The molecule has 5 atom stereocenters. The van der Waals surface area contributed by atoms with Gasteiger partial charge in [0.05, 0.1) is 51.4 Å². The van der Waals surface area contributed by atoms with Crippen LogP contribution in [0.5, 0.6) is 11.5 Å². The number of aryl methyl sites for hydroxylation is 1. The van der Waals surface area contributed by atoms with Gasteiger partial charge in [0.25, 0.3) is 5.56 Å². The summed E-state index contributed by atoms with van der Waals surface area (Å²) in [4.78, 5) is 28.7. The van der Waals surface area contributed by atoms with Crippen LogP contribution in [0.3, 0.4) is 0 Å². The number of methoxy groups -OCH3 is 2. The van der Waals surface area contributed by atoms with E-state index in [-0.39, 0.29) is 31.7 Å². The molecule has 0 saturated carbocycles. The van der Waals surface area contributed by atoms with Crippen LogP contribution < -0.4 is 20.7 Å². The zero-order valence-corrected chi connectivity index (χ0v) is 31.6. The molecule has 3 aromatic carbocycles. The maximum atomic E-state index is 13.7. The standard InChI is InChI=1S/C40H47N4O7P/c1-26(2)44(27(3)4)52(50-23-11-22-41)39-25-49-34(39)36(43-24-28(5)35(45)42-38(43)46)51-37(39)40(29-12-9-8-10-13-29,30-14-18-32(47-6)19-15-30)31-16-20-33(48-7)21-17-31/h8-10,12-21,24,26-27,34,36-37H,11,23,25H2,1-7H3,(H,42,45,46)/t34-,36-,37+,39+,52?/m1/s1. The molecule has 274 valence electrons. The first-order valence-electron chi connectivity index (χ1n) is 17.6. The number of fused-ring (bicyclic) bond motifs is 1. The molecule has 4 aromatic rings. The Morgan fingerprint density at radius 2 is 1.50 bits per heavy atom. The monoisotopic (exact) mass is 726 g/mol. The first-order chi connectivity index (χ1) is 25.0. The van der Waals surface area contributed by atoms with E-state index in [1.807, 2.05) is 42.5 Å². The maximum absolute atomic E-state index is 13.7. The van der Waals surface area contributed by atoms with Crippen LogP contribution in [0.2, 0.25) is 0 Å². The van der Waals surface area contributed by atoms with E-state index in [9.17, 15) is 14.9 Å². The summed E-state index contributed by atoms with van der Waals surface area (Å²) in [5.74, 6) is 1.40. The Labute approximate surface area is 305 Å². The molecule has 2 saturated heterocycles. The second-order valence-electron chi connectivity index (χ2n) is 13.8. The highest BCUT2D eigenvalue weighted by Gasteiger charge is 2.75. The van der Waals surface area contributed by atoms with Gasteiger partial charge in [-0.05, 0) is 75.6 Å². The van der Waals surface area contributed by atoms with E-state index in [2.05, 4.69) is 79.8 Å². The molecule has 1 aromatic heterocycles. The number of ether oxygens (including phenoxy) is 4. The van der Waals surface area contributed by atoms with Gasteiger partial charge in [0.15, 0.2) is 6.23 Å². The number of H-pyrrole nitrogens is 1. The van der Waals surface area contributed by atoms with E-state index in [1.54, 1.807) is 27.3 Å². The minimum absolute atomic E-state index is 0.0506. The fourth-order valence-electron chi connectivity index (χ4n) is 7.92. The van der Waals surface area contributed by atoms with Gasteiger partial charge in [-0.3, -0.25) is 19.0 Å². The summed E-state index contributed by atoms with van der Waals surface area (Å²) in [6.07, 6.45) is -0.535. The Morgan fingerprint density at radius 1 is 0.942 bits per heavy atom. The molecule has 1 unspecified atom stereocenters. The summed E-state index contributed by atoms with van der Waals surface area (Å²) in [5.41, 5.74) is 1.11. The van der Waals surface area contributed by atoms with Crippen LogP contribution in [0.4, 0.5) is 0 Å². The summed E-state index contributed by atoms with van der Waals surface area (Å²) >= 11 is 0. The van der Waals surface area contributed by atoms with Crippen LogP contribution in [0.1, 0.15) is 62.6 Å². The van der Waals surface area contributed by atoms with Crippen molar-refractivity contribution in [1.82, 2.24) is 14.2 Å². The maximum Gasteiger partial charge on any atom is 0.330 e. The lowest BCUT2D eigenvalue weighted by molar-refractivity contribution is -0.116. The highest BCUT2D eigenvalue weighted by Crippen LogP contribution is 2.71. The summed E-state index contributed by atoms with van der Waals surface area (Å²) in [5, 5.41) is 8.78. The molecule has 0 radical (unpaired) electrons. The smallest absolute Gasteiger partial charge is 0.330 e. The zero-order chi connectivity index (χ0) is 37.2. The molecule has 3 heterocycles. The van der Waals surface area contributed by atoms with Crippen molar-refractivity contribution in [2.75, 3.05) is 27.4 Å². The third-order valence-corrected chi connectivity index (χ3v) is 13.3. The van der Waals surface area contributed by atoms with Gasteiger partial charge in [-0.1, -0.05) is 54.6 Å². The molecular weight excluding hydrogens is 679 g/mol. The SMILES string of the molecule is COc1ccc(C(c2ccccc2)(c2ccc(OC)cc2)[C@H]2O[C@@H](n3cc(C)c(=O)[nH]c3=O)[C@H]3OC[C@]32P(OCCC#N)N(C(C)C)C(C)C)cc1. The number of nitriles is 1. The van der Waals surface area contributed by atoms with E-state index in [4.69, 9.17) is 23.5 Å². The van der Waals surface area contributed by atoms with Crippen molar-refractivity contribution in [3.8, 4) is 17.6 Å². The van der Waals surface area contributed by atoms with Crippen molar-refractivity contribution in [2.24, 2.45) is 0 Å². The molecule has 1 N–H and O–H groups in total. The van der Waals surface area contributed by atoms with Gasteiger partial charge in [0.1, 0.15) is 31.1 Å². The van der Waals surface area contributed by atoms with Crippen molar-refractivity contribution in [3.05, 3.63) is 128 Å². The Kier molecular flexibility index (Phi) is 11.1. The van der Waals surface area contributed by atoms with Crippen LogP contribution in [0.25, 0.3) is 0 Å². The number of hydrogen-bond donors (Lipinski definition) is 1. The largest absolute Gasteiger partial charge is 0.497 e. The van der Waals surface area contributed by atoms with Gasteiger partial charge in [0, 0.05) is 23.8 Å². The van der Waals surface area contributed by atoms with Crippen molar-refractivity contribution < 1.29 is 23.5 Å². The number of hydrogen-bond acceptors (Lipinski definition) is 9. The van der Waals surface area contributed by atoms with E-state index < -0.39 is 48.6 Å². The third-order valence-electron chi connectivity index (χ3n) is 10.2. The highest BCUT2D eigenvalue weighted by atomic mass is 31.2. The topological polar surface area (TPSA) is 128 Å². The van der Waals surface area contributed by atoms with Crippen LogP contribution in [0.15, 0.2) is 94.6 Å². The van der Waals surface area contributed by atoms with Gasteiger partial charge in [0.2, 0.25) is 0 Å². The van der Waals surface area contributed by atoms with Crippen molar-refractivity contribution in [3.63, 3.8) is 0 Å². The molecule has 2 fully saturated rings. The minimum Gasteiger partial charge on any atom is -0.497 e. The summed E-state index contributed by atoms with van der Waals surface area (Å²) in [6, 6.07) is 28.6. The van der Waals surface area contributed by atoms with Crippen LogP contribution in [-0.4, -0.2) is 71.1 Å².